The van der Waals surface area contributed by atoms with E-state index in [0.29, 0.717) is 0 Å². The van der Waals surface area contributed by atoms with Gasteiger partial charge in [0, 0.05) is 50.0 Å². The van der Waals surface area contributed by atoms with Gasteiger partial charge in [-0.1, -0.05) is 48.5 Å². The number of nitrogens with zero attached hydrogens (tertiary/aromatic N) is 2. The van der Waals surface area contributed by atoms with E-state index in [0.717, 1.165) is 42.7 Å². The fourth-order valence-electron chi connectivity index (χ4n) is 2.92. The van der Waals surface area contributed by atoms with Crippen LogP contribution in [-0.2, 0) is 12.2 Å². The van der Waals surface area contributed by atoms with Gasteiger partial charge >= 0.3 is 0 Å². The zero-order valence-electron chi connectivity index (χ0n) is 15.7. The summed E-state index contributed by atoms with van der Waals surface area (Å²) in [5.74, 6) is 2.90. The Morgan fingerprint density at radius 3 is 2.63 bits per heavy atom. The summed E-state index contributed by atoms with van der Waals surface area (Å²) < 4.78 is 0. The van der Waals surface area contributed by atoms with E-state index < -0.39 is 0 Å². The first-order valence-corrected chi connectivity index (χ1v) is 10.4. The van der Waals surface area contributed by atoms with E-state index in [1.165, 1.54) is 16.3 Å². The third kappa shape index (κ3) is 6.00. The second kappa shape index (κ2) is 10.6. The number of benzene rings is 2. The fraction of sp³-hybridized carbons (Fsp3) is 0.273. The maximum absolute atomic E-state index is 4.33. The second-order valence-corrected chi connectivity index (χ2v) is 7.29. The zero-order valence-corrected chi connectivity index (χ0v) is 16.5. The van der Waals surface area contributed by atoms with Gasteiger partial charge in [0.25, 0.3) is 0 Å². The minimum absolute atomic E-state index is 0.819. The van der Waals surface area contributed by atoms with E-state index in [-0.39, 0.29) is 0 Å². The molecule has 1 aromatic heterocycles. The molecule has 0 amide bonds. The SMILES string of the molecule is CN=C(NCCSCc1cccc2ccccc12)NCCc1ccccn1. The molecule has 1 heterocycles. The van der Waals surface area contributed by atoms with Crippen molar-refractivity contribution in [3.8, 4) is 0 Å². The van der Waals surface area contributed by atoms with Gasteiger partial charge < -0.3 is 10.6 Å². The van der Waals surface area contributed by atoms with Crippen molar-refractivity contribution in [1.29, 1.82) is 0 Å². The number of thioether (sulfide) groups is 1. The van der Waals surface area contributed by atoms with Crippen LogP contribution in [0.4, 0.5) is 0 Å². The van der Waals surface area contributed by atoms with Crippen molar-refractivity contribution < 1.29 is 0 Å². The van der Waals surface area contributed by atoms with Gasteiger partial charge in [-0.25, -0.2) is 0 Å². The number of aromatic nitrogens is 1. The van der Waals surface area contributed by atoms with Crippen LogP contribution in [0.15, 0.2) is 71.9 Å². The highest BCUT2D eigenvalue weighted by Crippen LogP contribution is 2.22. The number of rotatable bonds is 8. The Labute approximate surface area is 165 Å². The Morgan fingerprint density at radius 2 is 1.78 bits per heavy atom. The molecule has 0 spiro atoms. The van der Waals surface area contributed by atoms with Gasteiger partial charge in [-0.05, 0) is 28.5 Å². The summed E-state index contributed by atoms with van der Waals surface area (Å²) in [5.41, 5.74) is 2.49. The lowest BCUT2D eigenvalue weighted by Crippen LogP contribution is -2.39. The molecule has 0 unspecified atom stereocenters. The van der Waals surface area contributed by atoms with Crippen molar-refractivity contribution in [2.45, 2.75) is 12.2 Å². The van der Waals surface area contributed by atoms with Crippen LogP contribution in [0.25, 0.3) is 10.8 Å². The maximum Gasteiger partial charge on any atom is 0.191 e. The van der Waals surface area contributed by atoms with Gasteiger partial charge in [0.15, 0.2) is 5.96 Å². The van der Waals surface area contributed by atoms with Crippen LogP contribution in [0.5, 0.6) is 0 Å². The van der Waals surface area contributed by atoms with Crippen molar-refractivity contribution in [3.05, 3.63) is 78.1 Å². The molecule has 2 N–H and O–H groups in total. The number of guanidine groups is 1. The molecular formula is C22H26N4S. The number of fused-ring (bicyclic) bond motifs is 1. The summed E-state index contributed by atoms with van der Waals surface area (Å²) in [4.78, 5) is 8.62. The zero-order chi connectivity index (χ0) is 18.7. The summed E-state index contributed by atoms with van der Waals surface area (Å²) in [7, 11) is 1.80. The Morgan fingerprint density at radius 1 is 0.963 bits per heavy atom. The number of hydrogen-bond donors (Lipinski definition) is 2. The van der Waals surface area contributed by atoms with Gasteiger partial charge in [-0.3, -0.25) is 9.98 Å². The lowest BCUT2D eigenvalue weighted by molar-refractivity contribution is 0.798. The molecule has 4 nitrogen and oxygen atoms in total. The highest BCUT2D eigenvalue weighted by atomic mass is 32.2. The third-order valence-electron chi connectivity index (χ3n) is 4.30. The van der Waals surface area contributed by atoms with Crippen LogP contribution in [0.2, 0.25) is 0 Å². The molecule has 3 aromatic rings. The summed E-state index contributed by atoms with van der Waals surface area (Å²) in [5, 5.41) is 9.38. The number of aliphatic imine (C=N–C) groups is 1. The lowest BCUT2D eigenvalue weighted by atomic mass is 10.1. The van der Waals surface area contributed by atoms with Crippen LogP contribution in [-0.4, -0.2) is 36.8 Å². The first kappa shape index (κ1) is 19.2. The second-order valence-electron chi connectivity index (χ2n) is 6.19. The number of hydrogen-bond acceptors (Lipinski definition) is 3. The Hall–Kier alpha value is -2.53. The average Bonchev–Trinajstić information content (AvgIpc) is 2.73. The highest BCUT2D eigenvalue weighted by molar-refractivity contribution is 7.98. The summed E-state index contributed by atoms with van der Waals surface area (Å²) in [6.07, 6.45) is 2.72. The predicted molar refractivity (Wildman–Crippen MR) is 117 cm³/mol. The van der Waals surface area contributed by atoms with Gasteiger partial charge in [0.05, 0.1) is 0 Å². The molecule has 0 aliphatic carbocycles. The first-order chi connectivity index (χ1) is 13.4. The normalized spacial score (nSPS) is 11.5. The summed E-state index contributed by atoms with van der Waals surface area (Å²) in [6.45, 7) is 1.71. The quantitative estimate of drug-likeness (QED) is 0.355. The Kier molecular flexibility index (Phi) is 7.54. The molecule has 0 aliphatic heterocycles. The molecule has 0 bridgehead atoms. The predicted octanol–water partition coefficient (Wildman–Crippen LogP) is 3.88. The molecule has 0 atom stereocenters. The van der Waals surface area contributed by atoms with Crippen molar-refractivity contribution in [3.63, 3.8) is 0 Å². The van der Waals surface area contributed by atoms with E-state index >= 15 is 0 Å². The highest BCUT2D eigenvalue weighted by Gasteiger charge is 2.01. The van der Waals surface area contributed by atoms with Crippen molar-refractivity contribution in [2.75, 3.05) is 25.9 Å². The number of pyridine rings is 1. The summed E-state index contributed by atoms with van der Waals surface area (Å²) in [6, 6.07) is 21.1. The molecule has 140 valence electrons. The monoisotopic (exact) mass is 378 g/mol. The molecule has 5 heteroatoms. The van der Waals surface area contributed by atoms with E-state index in [9.17, 15) is 0 Å². The van der Waals surface area contributed by atoms with Crippen LogP contribution < -0.4 is 10.6 Å². The number of nitrogens with one attached hydrogen (secondary N) is 2. The Bertz CT molecular complexity index is 859. The molecule has 27 heavy (non-hydrogen) atoms. The standard InChI is InChI=1S/C22H26N4S/c1-23-22(25-14-12-20-10-4-5-13-24-20)26-15-16-27-17-19-9-6-8-18-7-2-3-11-21(18)19/h2-11,13H,12,14-17H2,1H3,(H2,23,25,26). The van der Waals surface area contributed by atoms with Gasteiger partial charge in [-0.2, -0.15) is 11.8 Å². The minimum Gasteiger partial charge on any atom is -0.356 e. The molecule has 0 fully saturated rings. The van der Waals surface area contributed by atoms with Crippen LogP contribution >= 0.6 is 11.8 Å². The van der Waals surface area contributed by atoms with Crippen LogP contribution in [0.3, 0.4) is 0 Å². The van der Waals surface area contributed by atoms with Crippen molar-refractivity contribution in [1.82, 2.24) is 15.6 Å². The summed E-state index contributed by atoms with van der Waals surface area (Å²) >= 11 is 1.94. The molecule has 0 aliphatic rings. The van der Waals surface area contributed by atoms with E-state index in [2.05, 4.69) is 63.1 Å². The van der Waals surface area contributed by atoms with Crippen LogP contribution in [0, 0.1) is 0 Å². The molecular weight excluding hydrogens is 352 g/mol. The minimum atomic E-state index is 0.819. The lowest BCUT2D eigenvalue weighted by Gasteiger charge is -2.12. The molecule has 0 radical (unpaired) electrons. The third-order valence-corrected chi connectivity index (χ3v) is 5.31. The van der Waals surface area contributed by atoms with Crippen LogP contribution in [0.1, 0.15) is 11.3 Å². The van der Waals surface area contributed by atoms with Gasteiger partial charge in [0.1, 0.15) is 0 Å². The molecule has 0 saturated carbocycles. The molecule has 3 rings (SSSR count). The average molecular weight is 379 g/mol. The first-order valence-electron chi connectivity index (χ1n) is 9.25. The van der Waals surface area contributed by atoms with E-state index in [1.54, 1.807) is 7.05 Å². The maximum atomic E-state index is 4.33. The fourth-order valence-corrected chi connectivity index (χ4v) is 3.78. The van der Waals surface area contributed by atoms with Gasteiger partial charge in [0.2, 0.25) is 0 Å². The largest absolute Gasteiger partial charge is 0.356 e. The molecule has 2 aromatic carbocycles. The van der Waals surface area contributed by atoms with Crippen molar-refractivity contribution in [2.24, 2.45) is 4.99 Å². The van der Waals surface area contributed by atoms with E-state index in [1.807, 2.05) is 36.2 Å². The van der Waals surface area contributed by atoms with E-state index in [4.69, 9.17) is 0 Å². The van der Waals surface area contributed by atoms with Gasteiger partial charge in [-0.15, -0.1) is 0 Å². The molecule has 0 saturated heterocycles. The Balaban J connectivity index is 1.36. The van der Waals surface area contributed by atoms with Crippen molar-refractivity contribution >= 4 is 28.5 Å². The smallest absolute Gasteiger partial charge is 0.191 e. The topological polar surface area (TPSA) is 49.3 Å².